The Labute approximate surface area is 125 Å². The number of carbonyl (C=O) groups excluding carboxylic acids is 1. The van der Waals surface area contributed by atoms with Gasteiger partial charge in [-0.1, -0.05) is 46.3 Å². The van der Waals surface area contributed by atoms with E-state index in [4.69, 9.17) is 0 Å². The van der Waals surface area contributed by atoms with Crippen LogP contribution in [0.1, 0.15) is 44.0 Å². The summed E-state index contributed by atoms with van der Waals surface area (Å²) >= 11 is 1.46. The summed E-state index contributed by atoms with van der Waals surface area (Å²) < 4.78 is 0. The molecule has 1 amide bonds. The largest absolute Gasteiger partial charge is 0.301 e. The predicted molar refractivity (Wildman–Crippen MR) is 84.8 cm³/mol. The van der Waals surface area contributed by atoms with Crippen LogP contribution in [0.15, 0.2) is 0 Å². The number of hydrogen-bond donors (Lipinski definition) is 1. The third-order valence-corrected chi connectivity index (χ3v) is 6.91. The lowest BCUT2D eigenvalue weighted by Gasteiger charge is -2.06. The maximum Gasteiger partial charge on any atom is 0.226 e. The number of aryl methyl sites for hydroxylation is 1. The van der Waals surface area contributed by atoms with Crippen LogP contribution in [0.4, 0.5) is 5.13 Å². The Hall–Kier alpha value is -0.270. The summed E-state index contributed by atoms with van der Waals surface area (Å²) in [4.78, 5) is 11.7. The molecule has 1 saturated heterocycles. The van der Waals surface area contributed by atoms with Gasteiger partial charge in [-0.15, -0.1) is 10.2 Å². The molecule has 19 heavy (non-hydrogen) atoms. The monoisotopic (exact) mass is 317 g/mol. The molecule has 0 saturated carbocycles. The van der Waals surface area contributed by atoms with Crippen molar-refractivity contribution in [2.45, 2.75) is 50.7 Å². The Morgan fingerprint density at radius 3 is 3.00 bits per heavy atom. The van der Waals surface area contributed by atoms with Gasteiger partial charge in [0, 0.05) is 17.4 Å². The van der Waals surface area contributed by atoms with Crippen molar-refractivity contribution >= 4 is 44.0 Å². The normalized spacial score (nSPS) is 18.7. The van der Waals surface area contributed by atoms with E-state index in [0.29, 0.717) is 11.6 Å². The standard InChI is InChI=1S/C12H19N3OS3/c1-2-11-14-15-12(18-11)13-10(16)6-4-3-5-9-7-8-17-19-9/h9H,2-8H2,1H3,(H,13,15,16). The lowest BCUT2D eigenvalue weighted by molar-refractivity contribution is -0.116. The molecule has 7 heteroatoms. The Morgan fingerprint density at radius 1 is 1.42 bits per heavy atom. The molecule has 1 N–H and O–H groups in total. The zero-order valence-electron chi connectivity index (χ0n) is 11.1. The number of anilines is 1. The molecule has 106 valence electrons. The number of carbonyl (C=O) groups is 1. The number of aromatic nitrogens is 2. The minimum Gasteiger partial charge on any atom is -0.301 e. The van der Waals surface area contributed by atoms with Gasteiger partial charge in [0.05, 0.1) is 0 Å². The van der Waals surface area contributed by atoms with Gasteiger partial charge in [-0.05, 0) is 25.7 Å². The van der Waals surface area contributed by atoms with Crippen LogP contribution in [-0.4, -0.2) is 27.1 Å². The minimum absolute atomic E-state index is 0.0623. The van der Waals surface area contributed by atoms with Crippen LogP contribution in [0.3, 0.4) is 0 Å². The van der Waals surface area contributed by atoms with Crippen molar-refractivity contribution < 1.29 is 4.79 Å². The predicted octanol–water partition coefficient (Wildman–Crippen LogP) is 3.75. The highest BCUT2D eigenvalue weighted by Crippen LogP contribution is 2.39. The lowest BCUT2D eigenvalue weighted by atomic mass is 10.1. The molecule has 1 unspecified atom stereocenters. The Bertz CT molecular complexity index is 405. The molecular weight excluding hydrogens is 298 g/mol. The third-order valence-electron chi connectivity index (χ3n) is 2.92. The van der Waals surface area contributed by atoms with Crippen molar-refractivity contribution in [3.05, 3.63) is 5.01 Å². The number of rotatable bonds is 7. The van der Waals surface area contributed by atoms with E-state index < -0.39 is 0 Å². The van der Waals surface area contributed by atoms with Gasteiger partial charge in [0.1, 0.15) is 5.01 Å². The first-order valence-corrected chi connectivity index (χ1v) is 9.88. The van der Waals surface area contributed by atoms with Crippen molar-refractivity contribution in [1.29, 1.82) is 0 Å². The van der Waals surface area contributed by atoms with E-state index in [1.54, 1.807) is 0 Å². The van der Waals surface area contributed by atoms with Gasteiger partial charge >= 0.3 is 0 Å². The van der Waals surface area contributed by atoms with E-state index in [2.05, 4.69) is 15.5 Å². The van der Waals surface area contributed by atoms with E-state index in [9.17, 15) is 4.79 Å². The van der Waals surface area contributed by atoms with E-state index in [-0.39, 0.29) is 5.91 Å². The number of nitrogens with zero attached hydrogens (tertiary/aromatic N) is 2. The molecule has 1 aliphatic heterocycles. The molecule has 0 aromatic carbocycles. The molecule has 1 aromatic rings. The van der Waals surface area contributed by atoms with Crippen LogP contribution in [0.2, 0.25) is 0 Å². The van der Waals surface area contributed by atoms with Gasteiger partial charge in [0.25, 0.3) is 0 Å². The first-order chi connectivity index (χ1) is 9.28. The van der Waals surface area contributed by atoms with Crippen molar-refractivity contribution in [1.82, 2.24) is 10.2 Å². The highest BCUT2D eigenvalue weighted by atomic mass is 33.1. The first-order valence-electron chi connectivity index (χ1n) is 6.68. The molecule has 1 aromatic heterocycles. The smallest absolute Gasteiger partial charge is 0.226 e. The molecule has 1 fully saturated rings. The van der Waals surface area contributed by atoms with Crippen molar-refractivity contribution in [3.8, 4) is 0 Å². The van der Waals surface area contributed by atoms with Crippen LogP contribution in [0, 0.1) is 0 Å². The molecule has 2 rings (SSSR count). The minimum atomic E-state index is 0.0623. The topological polar surface area (TPSA) is 54.9 Å². The second-order valence-electron chi connectivity index (χ2n) is 4.48. The van der Waals surface area contributed by atoms with Crippen LogP contribution in [-0.2, 0) is 11.2 Å². The fourth-order valence-electron chi connectivity index (χ4n) is 1.85. The molecule has 2 heterocycles. The number of hydrogen-bond acceptors (Lipinski definition) is 6. The molecule has 1 atom stereocenters. The molecule has 4 nitrogen and oxygen atoms in total. The lowest BCUT2D eigenvalue weighted by Crippen LogP contribution is -2.11. The average molecular weight is 318 g/mol. The number of unbranched alkanes of at least 4 members (excludes halogenated alkanes) is 1. The molecule has 1 aliphatic rings. The second-order valence-corrected chi connectivity index (χ2v) is 8.33. The highest BCUT2D eigenvalue weighted by Gasteiger charge is 2.16. The zero-order valence-corrected chi connectivity index (χ0v) is 13.5. The molecule has 0 radical (unpaired) electrons. The molecular formula is C12H19N3OS3. The maximum absolute atomic E-state index is 11.7. The summed E-state index contributed by atoms with van der Waals surface area (Å²) in [6.45, 7) is 2.03. The molecule has 0 aliphatic carbocycles. The number of nitrogens with one attached hydrogen (secondary N) is 1. The summed E-state index contributed by atoms with van der Waals surface area (Å²) in [7, 11) is 3.98. The first kappa shape index (κ1) is 15.1. The SMILES string of the molecule is CCc1nnc(NC(=O)CCCCC2CCSS2)s1. The summed E-state index contributed by atoms with van der Waals surface area (Å²) in [5.74, 6) is 1.35. The van der Waals surface area contributed by atoms with Crippen LogP contribution in [0.5, 0.6) is 0 Å². The number of amides is 1. The van der Waals surface area contributed by atoms with Crippen molar-refractivity contribution in [2.24, 2.45) is 0 Å². The second kappa shape index (κ2) is 8.11. The Kier molecular flexibility index (Phi) is 6.46. The van der Waals surface area contributed by atoms with Crippen LogP contribution >= 0.6 is 32.9 Å². The van der Waals surface area contributed by atoms with Gasteiger partial charge in [0.15, 0.2) is 0 Å². The van der Waals surface area contributed by atoms with E-state index in [0.717, 1.165) is 29.5 Å². The third kappa shape index (κ3) is 5.31. The quantitative estimate of drug-likeness (QED) is 0.613. The van der Waals surface area contributed by atoms with Gasteiger partial charge in [-0.2, -0.15) is 0 Å². The van der Waals surface area contributed by atoms with E-state index in [1.165, 1.54) is 29.9 Å². The fraction of sp³-hybridized carbons (Fsp3) is 0.750. The van der Waals surface area contributed by atoms with Crippen LogP contribution < -0.4 is 5.32 Å². The summed E-state index contributed by atoms with van der Waals surface area (Å²) in [5, 5.41) is 13.2. The fourth-order valence-corrected chi connectivity index (χ4v) is 5.57. The Morgan fingerprint density at radius 2 is 2.32 bits per heavy atom. The van der Waals surface area contributed by atoms with Gasteiger partial charge in [-0.3, -0.25) is 4.79 Å². The van der Waals surface area contributed by atoms with E-state index in [1.807, 2.05) is 28.5 Å². The average Bonchev–Trinajstić information content (AvgIpc) is 3.05. The van der Waals surface area contributed by atoms with Crippen molar-refractivity contribution in [3.63, 3.8) is 0 Å². The van der Waals surface area contributed by atoms with Crippen molar-refractivity contribution in [2.75, 3.05) is 11.1 Å². The maximum atomic E-state index is 11.7. The molecule has 0 bridgehead atoms. The molecule has 0 spiro atoms. The summed E-state index contributed by atoms with van der Waals surface area (Å²) in [5.41, 5.74) is 0. The Balaban J connectivity index is 1.58. The van der Waals surface area contributed by atoms with Gasteiger partial charge in [0.2, 0.25) is 11.0 Å². The van der Waals surface area contributed by atoms with E-state index >= 15 is 0 Å². The highest BCUT2D eigenvalue weighted by molar-refractivity contribution is 8.77. The van der Waals surface area contributed by atoms with Crippen LogP contribution in [0.25, 0.3) is 0 Å². The summed E-state index contributed by atoms with van der Waals surface area (Å²) in [6, 6.07) is 0. The zero-order chi connectivity index (χ0) is 13.5. The summed E-state index contributed by atoms with van der Waals surface area (Å²) in [6.07, 6.45) is 6.13. The van der Waals surface area contributed by atoms with Gasteiger partial charge in [-0.25, -0.2) is 0 Å². The van der Waals surface area contributed by atoms with Gasteiger partial charge < -0.3 is 5.32 Å².